The molecule has 3 heterocycles. The van der Waals surface area contributed by atoms with Gasteiger partial charge in [-0.05, 0) is 37.5 Å². The van der Waals surface area contributed by atoms with Crippen molar-refractivity contribution in [2.24, 2.45) is 5.92 Å². The van der Waals surface area contributed by atoms with E-state index in [4.69, 9.17) is 39.8 Å². The highest BCUT2D eigenvalue weighted by molar-refractivity contribution is 8.07. The summed E-state index contributed by atoms with van der Waals surface area (Å²) in [5.41, 5.74) is -1.28. The van der Waals surface area contributed by atoms with E-state index in [2.05, 4.69) is 20.9 Å². The number of hydrogen-bond acceptors (Lipinski definition) is 14. The molecule has 0 aromatic carbocycles. The van der Waals surface area contributed by atoms with Crippen molar-refractivity contribution in [2.75, 3.05) is 47.1 Å². The second-order valence-corrected chi connectivity index (χ2v) is 14.2. The molecule has 2 fully saturated rings. The average molecular weight is 728 g/mol. The molecule has 0 spiro atoms. The zero-order valence-corrected chi connectivity index (χ0v) is 28.6. The summed E-state index contributed by atoms with van der Waals surface area (Å²) in [5.74, 6) is -1.01. The van der Waals surface area contributed by atoms with Gasteiger partial charge in [-0.1, -0.05) is 0 Å². The Balaban J connectivity index is 1.47. The van der Waals surface area contributed by atoms with Crippen LogP contribution in [0.5, 0.6) is 0 Å². The molecule has 0 radical (unpaired) electrons. The van der Waals surface area contributed by atoms with Crippen molar-refractivity contribution in [3.8, 4) is 0 Å². The van der Waals surface area contributed by atoms with Crippen LogP contribution < -0.4 is 27.2 Å². The number of aromatic amines is 1. The van der Waals surface area contributed by atoms with Crippen LogP contribution in [0.25, 0.3) is 0 Å². The van der Waals surface area contributed by atoms with Crippen molar-refractivity contribution in [2.45, 2.75) is 81.7 Å². The van der Waals surface area contributed by atoms with Crippen molar-refractivity contribution < 1.29 is 57.8 Å². The summed E-state index contributed by atoms with van der Waals surface area (Å²) < 4.78 is 34.5. The number of unbranched alkanes of at least 4 members (excludes halogenated alkanes) is 1. The Morgan fingerprint density at radius 1 is 1.08 bits per heavy atom. The van der Waals surface area contributed by atoms with E-state index >= 15 is 0 Å². The van der Waals surface area contributed by atoms with Crippen LogP contribution in [0.1, 0.15) is 38.8 Å². The number of nitrogens with zero attached hydrogens (tertiary/aromatic N) is 1. The van der Waals surface area contributed by atoms with Crippen molar-refractivity contribution in [1.29, 1.82) is 0 Å². The zero-order valence-electron chi connectivity index (χ0n) is 26.9. The smallest absolute Gasteiger partial charge is 0.330 e. The zero-order chi connectivity index (χ0) is 35.4. The number of rotatable bonds is 18. The lowest BCUT2D eigenvalue weighted by Gasteiger charge is -2.42. The van der Waals surface area contributed by atoms with E-state index in [-0.39, 0.29) is 19.8 Å². The van der Waals surface area contributed by atoms with Gasteiger partial charge in [-0.2, -0.15) is 0 Å². The molecule has 2 unspecified atom stereocenters. The van der Waals surface area contributed by atoms with Crippen molar-refractivity contribution in [3.63, 3.8) is 0 Å². The molecule has 3 rings (SSSR count). The number of ether oxygens (including phenoxy) is 4. The number of hydrogen-bond donors (Lipinski definition) is 8. The number of urea groups is 1. The molecule has 1 aromatic heterocycles. The lowest BCUT2D eigenvalue weighted by atomic mass is 9.94. The molecule has 2 aliphatic rings. The predicted molar refractivity (Wildman–Crippen MR) is 170 cm³/mol. The number of methoxy groups -OCH3 is 1. The molecule has 3 amide bonds. The summed E-state index contributed by atoms with van der Waals surface area (Å²) >= 11 is 5.07. The highest BCUT2D eigenvalue weighted by Crippen LogP contribution is 2.50. The van der Waals surface area contributed by atoms with E-state index in [1.165, 1.54) is 38.0 Å². The van der Waals surface area contributed by atoms with Gasteiger partial charge >= 0.3 is 18.4 Å². The quantitative estimate of drug-likeness (QED) is 0.0588. The van der Waals surface area contributed by atoms with Crippen LogP contribution in [-0.2, 0) is 44.6 Å². The molecule has 48 heavy (non-hydrogen) atoms. The van der Waals surface area contributed by atoms with Crippen LogP contribution >= 0.6 is 6.72 Å². The lowest BCUT2D eigenvalue weighted by molar-refractivity contribution is -0.270. The number of carbonyl (C=O) groups excluding carboxylic acids is 2. The Morgan fingerprint density at radius 2 is 1.79 bits per heavy atom. The fourth-order valence-corrected chi connectivity index (χ4v) is 6.47. The Morgan fingerprint density at radius 3 is 2.42 bits per heavy atom. The number of amides is 3. The molecule has 274 valence electrons. The van der Waals surface area contributed by atoms with E-state index in [0.29, 0.717) is 32.2 Å². The Bertz CT molecular complexity index is 1350. The topological polar surface area (TPSA) is 261 Å². The number of aliphatic hydroxyl groups is 3. The van der Waals surface area contributed by atoms with Gasteiger partial charge in [0.2, 0.25) is 5.91 Å². The van der Waals surface area contributed by atoms with Gasteiger partial charge in [0, 0.05) is 59.0 Å². The van der Waals surface area contributed by atoms with E-state index in [0.717, 1.165) is 0 Å². The van der Waals surface area contributed by atoms with Crippen LogP contribution in [0.3, 0.4) is 0 Å². The van der Waals surface area contributed by atoms with Crippen molar-refractivity contribution >= 4 is 30.5 Å². The van der Waals surface area contributed by atoms with Gasteiger partial charge < -0.3 is 64.2 Å². The first kappa shape index (κ1) is 40.1. The van der Waals surface area contributed by atoms with Crippen molar-refractivity contribution in [1.82, 2.24) is 25.5 Å². The third kappa shape index (κ3) is 11.4. The minimum atomic E-state index is -3.65. The van der Waals surface area contributed by atoms with Crippen molar-refractivity contribution in [3.05, 3.63) is 33.1 Å². The van der Waals surface area contributed by atoms with E-state index in [1.54, 1.807) is 0 Å². The standard InChI is InChI=1S/C27H46N5O14PS/c1-15(34)30-20-22(37)21(36)17(13-33)45-25(20)43-12-5-4-9-28-26(38)29-10-6-7-16-23(46-47(40,48)42-3)18(14-41-2)44-24(16)32-11-8-19(35)31-27(32)39/h8,11,16-18,20-25,33,36-37H,4-7,9-10,12-14H2,1-3H3,(H,30,34)(H,40,48)(H2,28,29,38)(H,31,35,39)/t16-,17+,18+,20+,21-,22+,23?,24+,25+,47?/m0/s1. The summed E-state index contributed by atoms with van der Waals surface area (Å²) in [6, 6.07) is -0.282. The average Bonchev–Trinajstić information content (AvgIpc) is 3.35. The summed E-state index contributed by atoms with van der Waals surface area (Å²) in [6.45, 7) is -2.22. The van der Waals surface area contributed by atoms with Gasteiger partial charge in [0.25, 0.3) is 5.56 Å². The molecule has 2 saturated heterocycles. The number of aromatic nitrogens is 2. The minimum Gasteiger partial charge on any atom is -0.394 e. The van der Waals surface area contributed by atoms with Crippen LogP contribution in [0, 0.1) is 5.92 Å². The minimum absolute atomic E-state index is 0.0539. The molecule has 10 atom stereocenters. The summed E-state index contributed by atoms with van der Waals surface area (Å²) in [7, 11) is 2.67. The third-order valence-corrected chi connectivity index (χ3v) is 9.48. The van der Waals surface area contributed by atoms with Gasteiger partial charge in [0.05, 0.1) is 13.2 Å². The highest BCUT2D eigenvalue weighted by atomic mass is 32.5. The molecule has 0 saturated carbocycles. The summed E-state index contributed by atoms with van der Waals surface area (Å²) in [4.78, 5) is 60.8. The summed E-state index contributed by atoms with van der Waals surface area (Å²) in [6.07, 6.45) is -4.41. The maximum absolute atomic E-state index is 12.6. The molecule has 1 aromatic rings. The molecular weight excluding hydrogens is 681 g/mol. The van der Waals surface area contributed by atoms with Gasteiger partial charge in [-0.15, -0.1) is 0 Å². The molecule has 19 nitrogen and oxygen atoms in total. The molecule has 21 heteroatoms. The van der Waals surface area contributed by atoms with Crippen LogP contribution in [0.4, 0.5) is 4.79 Å². The first-order chi connectivity index (χ1) is 22.8. The predicted octanol–water partition coefficient (Wildman–Crippen LogP) is -2.24. The van der Waals surface area contributed by atoms with Crippen LogP contribution in [-0.4, -0.2) is 132 Å². The molecular formula is C27H46N5O14PS. The summed E-state index contributed by atoms with van der Waals surface area (Å²) in [5, 5.41) is 37.8. The Labute approximate surface area is 281 Å². The first-order valence-corrected chi connectivity index (χ1v) is 18.0. The Kier molecular flexibility index (Phi) is 16.0. The number of aliphatic hydroxyl groups excluding tert-OH is 3. The van der Waals surface area contributed by atoms with Gasteiger partial charge in [-0.25, -0.2) is 9.59 Å². The van der Waals surface area contributed by atoms with Gasteiger partial charge in [0.1, 0.15) is 42.8 Å². The monoisotopic (exact) mass is 727 g/mol. The third-order valence-electron chi connectivity index (χ3n) is 7.80. The first-order valence-electron chi connectivity index (χ1n) is 15.4. The van der Waals surface area contributed by atoms with E-state index in [1.807, 2.05) is 0 Å². The molecule has 0 bridgehead atoms. The SMILES string of the molecule is COC[C@H]1O[C@@H](n2ccc(=O)[nH]c2=O)[C@@H](CCCNC(=O)NCCCCO[C@@H]2O[C@H](CO)[C@H](O)[C@H](O)[C@H]2NC(C)=O)C1OP(O)(=S)OC. The second kappa shape index (κ2) is 19.2. The number of carbonyl (C=O) groups is 2. The maximum atomic E-state index is 12.6. The van der Waals surface area contributed by atoms with E-state index in [9.17, 15) is 39.4 Å². The molecule has 2 aliphatic heterocycles. The molecule has 8 N–H and O–H groups in total. The largest absolute Gasteiger partial charge is 0.394 e. The number of H-pyrrole nitrogens is 1. The Hall–Kier alpha value is -2.33. The van der Waals surface area contributed by atoms with Crippen LogP contribution in [0.2, 0.25) is 0 Å². The van der Waals surface area contributed by atoms with Gasteiger partial charge in [0.15, 0.2) is 6.29 Å². The lowest BCUT2D eigenvalue weighted by Crippen LogP contribution is -2.64. The number of nitrogens with one attached hydrogen (secondary N) is 4. The van der Waals surface area contributed by atoms with Crippen LogP contribution in [0.15, 0.2) is 21.9 Å². The normalized spacial score (nSPS) is 30.0. The maximum Gasteiger partial charge on any atom is 0.330 e. The van der Waals surface area contributed by atoms with Gasteiger partial charge in [-0.3, -0.25) is 19.1 Å². The fourth-order valence-electron chi connectivity index (χ4n) is 5.49. The second-order valence-electron chi connectivity index (χ2n) is 11.3. The fraction of sp³-hybridized carbons (Fsp3) is 0.778. The highest BCUT2D eigenvalue weighted by Gasteiger charge is 2.48. The van der Waals surface area contributed by atoms with E-state index < -0.39 is 91.5 Å². The molecule has 0 aliphatic carbocycles.